The van der Waals surface area contributed by atoms with Gasteiger partial charge in [0.05, 0.1) is 6.10 Å². The molecule has 0 N–H and O–H groups in total. The van der Waals surface area contributed by atoms with E-state index >= 15 is 0 Å². The molecule has 1 aliphatic rings. The van der Waals surface area contributed by atoms with Crippen molar-refractivity contribution in [3.63, 3.8) is 0 Å². The van der Waals surface area contributed by atoms with Crippen LogP contribution in [-0.2, 0) is 9.09 Å². The molecule has 0 aromatic carbocycles. The molecule has 0 bridgehead atoms. The predicted octanol–water partition coefficient (Wildman–Crippen LogP) is 3.26. The molecule has 1 atom stereocenters. The highest BCUT2D eigenvalue weighted by molar-refractivity contribution is 7.58. The Morgan fingerprint density at radius 1 is 1.33 bits per heavy atom. The summed E-state index contributed by atoms with van der Waals surface area (Å²) in [5.41, 5.74) is 0. The van der Waals surface area contributed by atoms with Gasteiger partial charge >= 0.3 is 0 Å². The zero-order valence-corrected chi connectivity index (χ0v) is 8.98. The highest BCUT2D eigenvalue weighted by Gasteiger charge is 2.21. The minimum absolute atomic E-state index is 0.287. The lowest BCUT2D eigenvalue weighted by Crippen LogP contribution is -2.15. The topological polar surface area (TPSA) is 26.3 Å². The Morgan fingerprint density at radius 2 is 1.92 bits per heavy atom. The summed E-state index contributed by atoms with van der Waals surface area (Å²) in [6.45, 7) is 3.69. The lowest BCUT2D eigenvalue weighted by Gasteiger charge is -2.24. The van der Waals surface area contributed by atoms with Gasteiger partial charge in [0.2, 0.25) is 0 Å². The van der Waals surface area contributed by atoms with Gasteiger partial charge in [0.25, 0.3) is 0 Å². The molecule has 0 heterocycles. The van der Waals surface area contributed by atoms with Crippen LogP contribution in [0, 0.1) is 0 Å². The molecular weight excluding hydrogens is 171 g/mol. The first-order chi connectivity index (χ1) is 5.64. The van der Waals surface area contributed by atoms with E-state index in [9.17, 15) is 4.57 Å². The van der Waals surface area contributed by atoms with Crippen molar-refractivity contribution >= 4 is 7.37 Å². The van der Waals surface area contributed by atoms with E-state index in [2.05, 4.69) is 0 Å². The fourth-order valence-electron chi connectivity index (χ4n) is 1.56. The fraction of sp³-hybridized carbons (Fsp3) is 1.00. The molecular formula is C9H19O2P. The van der Waals surface area contributed by atoms with Gasteiger partial charge in [0.15, 0.2) is 7.37 Å². The third-order valence-corrected chi connectivity index (χ3v) is 4.39. The van der Waals surface area contributed by atoms with Crippen molar-refractivity contribution in [2.75, 3.05) is 12.8 Å². The molecule has 1 aliphatic carbocycles. The smallest absolute Gasteiger partial charge is 0.200 e. The Kier molecular flexibility index (Phi) is 3.79. The van der Waals surface area contributed by atoms with Crippen LogP contribution in [0.2, 0.25) is 0 Å². The van der Waals surface area contributed by atoms with Crippen LogP contribution in [0.5, 0.6) is 0 Å². The second-order valence-electron chi connectivity index (χ2n) is 3.70. The lowest BCUT2D eigenvalue weighted by atomic mass is 9.98. The maximum absolute atomic E-state index is 11.6. The SMILES string of the molecule is CCP(C)(=O)OC1CCCCC1. The van der Waals surface area contributed by atoms with Gasteiger partial charge in [-0.3, -0.25) is 4.57 Å². The van der Waals surface area contributed by atoms with Gasteiger partial charge in [-0.2, -0.15) is 0 Å². The summed E-state index contributed by atoms with van der Waals surface area (Å²) in [6.07, 6.45) is 6.98. The van der Waals surface area contributed by atoms with Crippen LogP contribution in [-0.4, -0.2) is 18.9 Å². The van der Waals surface area contributed by atoms with E-state index in [1.807, 2.05) is 6.92 Å². The zero-order valence-electron chi connectivity index (χ0n) is 8.08. The van der Waals surface area contributed by atoms with Crippen molar-refractivity contribution in [2.24, 2.45) is 0 Å². The average Bonchev–Trinajstić information content (AvgIpc) is 2.06. The molecule has 72 valence electrons. The lowest BCUT2D eigenvalue weighted by molar-refractivity contribution is 0.159. The Hall–Kier alpha value is 0.190. The van der Waals surface area contributed by atoms with E-state index in [1.54, 1.807) is 6.66 Å². The first kappa shape index (κ1) is 10.3. The number of hydrogen-bond donors (Lipinski definition) is 0. The Balaban J connectivity index is 2.34. The predicted molar refractivity (Wildman–Crippen MR) is 52.0 cm³/mol. The Morgan fingerprint density at radius 3 is 2.42 bits per heavy atom. The quantitative estimate of drug-likeness (QED) is 0.638. The summed E-state index contributed by atoms with van der Waals surface area (Å²) in [7, 11) is -2.24. The molecule has 1 unspecified atom stereocenters. The third kappa shape index (κ3) is 3.28. The summed E-state index contributed by atoms with van der Waals surface area (Å²) in [4.78, 5) is 0. The van der Waals surface area contributed by atoms with E-state index in [0.717, 1.165) is 12.8 Å². The summed E-state index contributed by atoms with van der Waals surface area (Å²) in [5, 5.41) is 0. The van der Waals surface area contributed by atoms with Crippen LogP contribution < -0.4 is 0 Å². The molecule has 1 fully saturated rings. The molecule has 12 heavy (non-hydrogen) atoms. The Labute approximate surface area is 75.1 Å². The first-order valence-electron chi connectivity index (χ1n) is 4.89. The molecule has 3 heteroatoms. The fourth-order valence-corrected chi connectivity index (χ4v) is 2.55. The maximum atomic E-state index is 11.6. The molecule has 0 saturated heterocycles. The summed E-state index contributed by atoms with van der Waals surface area (Å²) in [5.74, 6) is 0. The van der Waals surface area contributed by atoms with Crippen LogP contribution >= 0.6 is 7.37 Å². The van der Waals surface area contributed by atoms with Crippen LogP contribution in [0.25, 0.3) is 0 Å². The van der Waals surface area contributed by atoms with E-state index in [0.29, 0.717) is 6.16 Å². The Bertz CT molecular complexity index is 173. The van der Waals surface area contributed by atoms with Gasteiger partial charge in [-0.05, 0) is 12.8 Å². The summed E-state index contributed by atoms with van der Waals surface area (Å²) < 4.78 is 17.2. The van der Waals surface area contributed by atoms with Crippen molar-refractivity contribution in [1.82, 2.24) is 0 Å². The third-order valence-electron chi connectivity index (χ3n) is 2.50. The van der Waals surface area contributed by atoms with Crippen molar-refractivity contribution in [3.05, 3.63) is 0 Å². The first-order valence-corrected chi connectivity index (χ1v) is 7.15. The largest absolute Gasteiger partial charge is 0.325 e. The number of rotatable bonds is 3. The second-order valence-corrected chi connectivity index (χ2v) is 6.57. The molecule has 1 saturated carbocycles. The van der Waals surface area contributed by atoms with Gasteiger partial charge in [-0.25, -0.2) is 0 Å². The minimum Gasteiger partial charge on any atom is -0.325 e. The summed E-state index contributed by atoms with van der Waals surface area (Å²) >= 11 is 0. The highest BCUT2D eigenvalue weighted by Crippen LogP contribution is 2.45. The van der Waals surface area contributed by atoms with Crippen LogP contribution in [0.4, 0.5) is 0 Å². The molecule has 1 rings (SSSR count). The standard InChI is InChI=1S/C9H19O2P/c1-3-12(2,10)11-9-7-5-4-6-8-9/h9H,3-8H2,1-2H3. The van der Waals surface area contributed by atoms with Crippen molar-refractivity contribution in [2.45, 2.75) is 45.1 Å². The molecule has 0 amide bonds. The van der Waals surface area contributed by atoms with E-state index in [4.69, 9.17) is 4.52 Å². The normalized spacial score (nSPS) is 25.2. The zero-order chi connectivity index (χ0) is 9.03. The molecule has 0 spiro atoms. The van der Waals surface area contributed by atoms with Crippen LogP contribution in [0.15, 0.2) is 0 Å². The molecule has 0 aliphatic heterocycles. The number of hydrogen-bond acceptors (Lipinski definition) is 2. The summed E-state index contributed by atoms with van der Waals surface area (Å²) in [6, 6.07) is 0. The molecule has 2 nitrogen and oxygen atoms in total. The van der Waals surface area contributed by atoms with Gasteiger partial charge < -0.3 is 4.52 Å². The minimum atomic E-state index is -2.24. The van der Waals surface area contributed by atoms with E-state index in [-0.39, 0.29) is 6.10 Å². The van der Waals surface area contributed by atoms with Gasteiger partial charge in [-0.1, -0.05) is 26.2 Å². The van der Waals surface area contributed by atoms with Crippen molar-refractivity contribution in [1.29, 1.82) is 0 Å². The molecule has 0 aromatic rings. The highest BCUT2D eigenvalue weighted by atomic mass is 31.2. The van der Waals surface area contributed by atoms with Crippen molar-refractivity contribution < 1.29 is 9.09 Å². The van der Waals surface area contributed by atoms with Crippen molar-refractivity contribution in [3.8, 4) is 0 Å². The average molecular weight is 190 g/mol. The van der Waals surface area contributed by atoms with E-state index in [1.165, 1.54) is 19.3 Å². The maximum Gasteiger partial charge on any atom is 0.200 e. The van der Waals surface area contributed by atoms with Crippen LogP contribution in [0.3, 0.4) is 0 Å². The second kappa shape index (κ2) is 4.43. The van der Waals surface area contributed by atoms with Gasteiger partial charge in [-0.15, -0.1) is 0 Å². The molecule has 0 radical (unpaired) electrons. The monoisotopic (exact) mass is 190 g/mol. The van der Waals surface area contributed by atoms with Crippen LogP contribution in [0.1, 0.15) is 39.0 Å². The molecule has 0 aromatic heterocycles. The van der Waals surface area contributed by atoms with Gasteiger partial charge in [0, 0.05) is 12.8 Å². The van der Waals surface area contributed by atoms with E-state index < -0.39 is 7.37 Å². The van der Waals surface area contributed by atoms with Gasteiger partial charge in [0.1, 0.15) is 0 Å².